The number of rotatable bonds is 6. The molecular weight excluding hydrogens is 248 g/mol. The Morgan fingerprint density at radius 1 is 1.44 bits per heavy atom. The molecule has 0 atom stereocenters. The number of carboxylic acid groups (broad SMARTS) is 1. The van der Waals surface area contributed by atoms with Crippen LogP contribution in [0, 0.1) is 5.92 Å². The van der Waals surface area contributed by atoms with Crippen LogP contribution in [0.25, 0.3) is 0 Å². The van der Waals surface area contributed by atoms with Gasteiger partial charge in [-0.25, -0.2) is 4.98 Å². The van der Waals surface area contributed by atoms with Gasteiger partial charge in [-0.15, -0.1) is 11.3 Å². The van der Waals surface area contributed by atoms with Gasteiger partial charge in [-0.05, 0) is 12.3 Å². The van der Waals surface area contributed by atoms with Gasteiger partial charge in [-0.2, -0.15) is 0 Å². The molecule has 0 bridgehead atoms. The molecular formula is C13H20N2O2S. The molecule has 4 nitrogen and oxygen atoms in total. The van der Waals surface area contributed by atoms with Crippen LogP contribution in [0.15, 0.2) is 5.38 Å². The Morgan fingerprint density at radius 3 is 2.94 bits per heavy atom. The number of hydrogen-bond donors (Lipinski definition) is 2. The summed E-state index contributed by atoms with van der Waals surface area (Å²) in [5.74, 6) is 0.0405. The van der Waals surface area contributed by atoms with E-state index < -0.39 is 5.97 Å². The Labute approximate surface area is 111 Å². The summed E-state index contributed by atoms with van der Waals surface area (Å²) >= 11 is 1.49. The highest BCUT2D eigenvalue weighted by Crippen LogP contribution is 2.26. The van der Waals surface area contributed by atoms with Gasteiger partial charge in [-0.3, -0.25) is 4.79 Å². The zero-order valence-corrected chi connectivity index (χ0v) is 11.3. The van der Waals surface area contributed by atoms with Crippen molar-refractivity contribution in [2.75, 3.05) is 11.9 Å². The van der Waals surface area contributed by atoms with E-state index in [2.05, 4.69) is 10.3 Å². The van der Waals surface area contributed by atoms with E-state index in [1.807, 2.05) is 5.38 Å². The Balaban J connectivity index is 1.69. The molecule has 0 aliphatic heterocycles. The summed E-state index contributed by atoms with van der Waals surface area (Å²) in [6, 6.07) is 0. The van der Waals surface area contributed by atoms with Gasteiger partial charge in [0.25, 0.3) is 0 Å². The Bertz CT molecular complexity index is 386. The van der Waals surface area contributed by atoms with Crippen molar-refractivity contribution in [1.29, 1.82) is 0 Å². The van der Waals surface area contributed by atoms with Crippen molar-refractivity contribution in [3.05, 3.63) is 11.1 Å². The lowest BCUT2D eigenvalue weighted by Crippen LogP contribution is -2.12. The smallest absolute Gasteiger partial charge is 0.309 e. The molecule has 0 spiro atoms. The molecule has 1 saturated carbocycles. The van der Waals surface area contributed by atoms with Crippen LogP contribution in [-0.2, 0) is 11.2 Å². The standard InChI is InChI=1S/C13H20N2O2S/c16-12(17)8-11-9-18-13(15-11)14-7-6-10-4-2-1-3-5-10/h9-10H,1-8H2,(H,14,15)(H,16,17). The normalized spacial score (nSPS) is 16.7. The van der Waals surface area contributed by atoms with E-state index in [4.69, 9.17) is 5.11 Å². The van der Waals surface area contributed by atoms with E-state index in [0.717, 1.165) is 17.6 Å². The van der Waals surface area contributed by atoms with Crippen molar-refractivity contribution in [1.82, 2.24) is 4.98 Å². The first kappa shape index (κ1) is 13.3. The van der Waals surface area contributed by atoms with E-state index in [9.17, 15) is 4.79 Å². The molecule has 100 valence electrons. The molecule has 1 aliphatic carbocycles. The first-order valence-corrected chi connectivity index (χ1v) is 7.52. The maximum atomic E-state index is 10.5. The lowest BCUT2D eigenvalue weighted by atomic mass is 9.87. The summed E-state index contributed by atoms with van der Waals surface area (Å²) in [5.41, 5.74) is 0.646. The van der Waals surface area contributed by atoms with Crippen molar-refractivity contribution in [3.63, 3.8) is 0 Å². The summed E-state index contributed by atoms with van der Waals surface area (Å²) in [6.07, 6.45) is 8.10. The zero-order chi connectivity index (χ0) is 12.8. The fourth-order valence-electron chi connectivity index (χ4n) is 2.48. The van der Waals surface area contributed by atoms with Gasteiger partial charge in [0.05, 0.1) is 12.1 Å². The second kappa shape index (κ2) is 6.73. The maximum absolute atomic E-state index is 10.5. The molecule has 1 aromatic rings. The minimum atomic E-state index is -0.825. The Hall–Kier alpha value is -1.10. The molecule has 2 N–H and O–H groups in total. The fraction of sp³-hybridized carbons (Fsp3) is 0.692. The predicted octanol–water partition coefficient (Wildman–Crippen LogP) is 3.15. The van der Waals surface area contributed by atoms with Gasteiger partial charge in [-0.1, -0.05) is 32.1 Å². The Morgan fingerprint density at radius 2 is 2.22 bits per heavy atom. The topological polar surface area (TPSA) is 62.2 Å². The van der Waals surface area contributed by atoms with Crippen LogP contribution in [-0.4, -0.2) is 22.6 Å². The van der Waals surface area contributed by atoms with Gasteiger partial charge < -0.3 is 10.4 Å². The van der Waals surface area contributed by atoms with E-state index in [0.29, 0.717) is 5.69 Å². The summed E-state index contributed by atoms with van der Waals surface area (Å²) in [7, 11) is 0. The van der Waals surface area contributed by atoms with E-state index in [1.165, 1.54) is 49.9 Å². The minimum Gasteiger partial charge on any atom is -0.481 e. The highest BCUT2D eigenvalue weighted by molar-refractivity contribution is 7.13. The van der Waals surface area contributed by atoms with Crippen LogP contribution in [0.4, 0.5) is 5.13 Å². The minimum absolute atomic E-state index is 0.0147. The molecule has 0 unspecified atom stereocenters. The number of anilines is 1. The van der Waals surface area contributed by atoms with Crippen LogP contribution in [0.2, 0.25) is 0 Å². The van der Waals surface area contributed by atoms with Gasteiger partial charge >= 0.3 is 5.97 Å². The first-order valence-electron chi connectivity index (χ1n) is 6.64. The van der Waals surface area contributed by atoms with Crippen LogP contribution < -0.4 is 5.32 Å². The highest BCUT2D eigenvalue weighted by atomic mass is 32.1. The number of carboxylic acids is 1. The van der Waals surface area contributed by atoms with Gasteiger partial charge in [0.15, 0.2) is 5.13 Å². The van der Waals surface area contributed by atoms with Crippen LogP contribution >= 0.6 is 11.3 Å². The van der Waals surface area contributed by atoms with Crippen LogP contribution in [0.3, 0.4) is 0 Å². The van der Waals surface area contributed by atoms with Crippen molar-refractivity contribution < 1.29 is 9.90 Å². The molecule has 0 amide bonds. The molecule has 0 saturated heterocycles. The molecule has 1 heterocycles. The predicted molar refractivity (Wildman–Crippen MR) is 73.1 cm³/mol. The van der Waals surface area contributed by atoms with Crippen molar-refractivity contribution in [2.45, 2.75) is 44.9 Å². The van der Waals surface area contributed by atoms with E-state index in [-0.39, 0.29) is 6.42 Å². The quantitative estimate of drug-likeness (QED) is 0.832. The summed E-state index contributed by atoms with van der Waals surface area (Å²) < 4.78 is 0. The average Bonchev–Trinajstić information content (AvgIpc) is 2.77. The second-order valence-electron chi connectivity index (χ2n) is 4.93. The molecule has 0 radical (unpaired) electrons. The molecule has 1 aliphatic rings. The third kappa shape index (κ3) is 4.29. The lowest BCUT2D eigenvalue weighted by molar-refractivity contribution is -0.136. The first-order chi connectivity index (χ1) is 8.74. The molecule has 5 heteroatoms. The van der Waals surface area contributed by atoms with Crippen molar-refractivity contribution in [2.24, 2.45) is 5.92 Å². The molecule has 2 rings (SSSR count). The number of aliphatic carboxylic acids is 1. The van der Waals surface area contributed by atoms with E-state index in [1.54, 1.807) is 0 Å². The Kier molecular flexibility index (Phi) is 4.99. The highest BCUT2D eigenvalue weighted by Gasteiger charge is 2.13. The van der Waals surface area contributed by atoms with Crippen LogP contribution in [0.5, 0.6) is 0 Å². The molecule has 1 fully saturated rings. The second-order valence-corrected chi connectivity index (χ2v) is 5.79. The van der Waals surface area contributed by atoms with E-state index >= 15 is 0 Å². The van der Waals surface area contributed by atoms with Gasteiger partial charge in [0, 0.05) is 11.9 Å². The summed E-state index contributed by atoms with van der Waals surface area (Å²) in [4.78, 5) is 14.8. The molecule has 0 aromatic carbocycles. The lowest BCUT2D eigenvalue weighted by Gasteiger charge is -2.21. The largest absolute Gasteiger partial charge is 0.481 e. The van der Waals surface area contributed by atoms with Crippen molar-refractivity contribution in [3.8, 4) is 0 Å². The van der Waals surface area contributed by atoms with Crippen molar-refractivity contribution >= 4 is 22.4 Å². The summed E-state index contributed by atoms with van der Waals surface area (Å²) in [6.45, 7) is 0.949. The maximum Gasteiger partial charge on any atom is 0.309 e. The number of carbonyl (C=O) groups is 1. The number of thiazole rings is 1. The number of nitrogens with one attached hydrogen (secondary N) is 1. The number of aromatic nitrogens is 1. The third-order valence-corrected chi connectivity index (χ3v) is 4.29. The van der Waals surface area contributed by atoms with Gasteiger partial charge in [0.2, 0.25) is 0 Å². The monoisotopic (exact) mass is 268 g/mol. The third-order valence-electron chi connectivity index (χ3n) is 3.44. The van der Waals surface area contributed by atoms with Crippen LogP contribution in [0.1, 0.15) is 44.2 Å². The zero-order valence-electron chi connectivity index (χ0n) is 10.5. The molecule has 18 heavy (non-hydrogen) atoms. The van der Waals surface area contributed by atoms with Gasteiger partial charge in [0.1, 0.15) is 0 Å². The number of nitrogens with zero attached hydrogens (tertiary/aromatic N) is 1. The number of hydrogen-bond acceptors (Lipinski definition) is 4. The summed E-state index contributed by atoms with van der Waals surface area (Å²) in [5, 5.41) is 14.6. The SMILES string of the molecule is O=C(O)Cc1csc(NCCC2CCCCC2)n1. The average molecular weight is 268 g/mol. The fourth-order valence-corrected chi connectivity index (χ4v) is 3.22. The molecule has 1 aromatic heterocycles.